The van der Waals surface area contributed by atoms with Crippen LogP contribution in [0.1, 0.15) is 30.5 Å². The summed E-state index contributed by atoms with van der Waals surface area (Å²) >= 11 is 0. The predicted molar refractivity (Wildman–Crippen MR) is 132 cm³/mol. The van der Waals surface area contributed by atoms with E-state index in [1.807, 2.05) is 56.9 Å². The second-order valence-corrected chi connectivity index (χ2v) is 8.69. The molecular formula is C26H27N5O3. The van der Waals surface area contributed by atoms with E-state index >= 15 is 0 Å². The van der Waals surface area contributed by atoms with Crippen LogP contribution in [-0.4, -0.2) is 40.6 Å². The van der Waals surface area contributed by atoms with Crippen molar-refractivity contribution in [2.75, 3.05) is 23.3 Å². The molecule has 1 aromatic carbocycles. The Balaban J connectivity index is 1.83. The number of ether oxygens (including phenoxy) is 1. The van der Waals surface area contributed by atoms with Crippen molar-refractivity contribution in [3.63, 3.8) is 0 Å². The quantitative estimate of drug-likeness (QED) is 0.476. The number of carbonyl (C=O) groups is 1. The monoisotopic (exact) mass is 457 g/mol. The first kappa shape index (κ1) is 23.2. The number of fused-ring (bicyclic) bond motifs is 1. The van der Waals surface area contributed by atoms with Crippen molar-refractivity contribution in [1.29, 1.82) is 5.26 Å². The number of morpholine rings is 1. The molecule has 0 bridgehead atoms. The minimum atomic E-state index is -0.588. The number of hydrogen-bond acceptors (Lipinski definition) is 6. The Kier molecular flexibility index (Phi) is 6.48. The van der Waals surface area contributed by atoms with Gasteiger partial charge in [-0.15, -0.1) is 0 Å². The van der Waals surface area contributed by atoms with Crippen LogP contribution in [0.2, 0.25) is 0 Å². The van der Waals surface area contributed by atoms with Crippen LogP contribution < -0.4 is 15.8 Å². The van der Waals surface area contributed by atoms with Gasteiger partial charge in [0.1, 0.15) is 23.1 Å². The number of aromatic nitrogens is 2. The van der Waals surface area contributed by atoms with Gasteiger partial charge in [0, 0.05) is 25.0 Å². The Morgan fingerprint density at radius 2 is 1.85 bits per heavy atom. The highest BCUT2D eigenvalue weighted by Gasteiger charge is 2.27. The number of amides is 1. The van der Waals surface area contributed by atoms with Gasteiger partial charge in [-0.2, -0.15) is 5.26 Å². The highest BCUT2D eigenvalue weighted by molar-refractivity contribution is 6.10. The van der Waals surface area contributed by atoms with Crippen LogP contribution in [0.4, 0.5) is 11.5 Å². The first-order chi connectivity index (χ1) is 16.3. The summed E-state index contributed by atoms with van der Waals surface area (Å²) in [5.41, 5.74) is 2.68. The van der Waals surface area contributed by atoms with Gasteiger partial charge in [0.05, 0.1) is 17.8 Å². The summed E-state index contributed by atoms with van der Waals surface area (Å²) < 4.78 is 7.30. The highest BCUT2D eigenvalue weighted by Crippen LogP contribution is 2.24. The molecule has 1 fully saturated rings. The maximum Gasteiger partial charge on any atom is 0.267 e. The van der Waals surface area contributed by atoms with Gasteiger partial charge in [-0.3, -0.25) is 14.0 Å². The van der Waals surface area contributed by atoms with Crippen molar-refractivity contribution in [3.05, 3.63) is 75.2 Å². The maximum absolute atomic E-state index is 13.6. The minimum Gasteiger partial charge on any atom is -0.372 e. The Hall–Kier alpha value is -3.96. The molecule has 0 aliphatic carbocycles. The molecule has 8 heteroatoms. The van der Waals surface area contributed by atoms with Crippen molar-refractivity contribution >= 4 is 29.1 Å². The molecule has 2 aromatic heterocycles. The SMILES string of the molecule is Cc1ccc(NC(=O)/C(C#N)=C/c2c(N3C[C@@H](C)O[C@H](C)C3)nc3c(C)cccn3c2=O)cc1. The minimum absolute atomic E-state index is 0.0574. The highest BCUT2D eigenvalue weighted by atomic mass is 16.5. The number of anilines is 2. The van der Waals surface area contributed by atoms with Gasteiger partial charge in [-0.1, -0.05) is 23.8 Å². The normalized spacial score (nSPS) is 18.6. The van der Waals surface area contributed by atoms with Crippen LogP contribution in [0.15, 0.2) is 53.0 Å². The third-order valence-electron chi connectivity index (χ3n) is 5.75. The molecule has 0 spiro atoms. The number of pyridine rings is 1. The van der Waals surface area contributed by atoms with Crippen molar-refractivity contribution in [3.8, 4) is 6.07 Å². The molecule has 1 aliphatic rings. The average molecular weight is 458 g/mol. The van der Waals surface area contributed by atoms with Crippen LogP contribution in [0.5, 0.6) is 0 Å². The van der Waals surface area contributed by atoms with E-state index in [4.69, 9.17) is 9.72 Å². The Morgan fingerprint density at radius 3 is 2.50 bits per heavy atom. The lowest BCUT2D eigenvalue weighted by Gasteiger charge is -2.36. The summed E-state index contributed by atoms with van der Waals surface area (Å²) in [5.74, 6) is -0.146. The van der Waals surface area contributed by atoms with E-state index in [1.54, 1.807) is 24.4 Å². The van der Waals surface area contributed by atoms with Crippen molar-refractivity contribution in [2.24, 2.45) is 0 Å². The van der Waals surface area contributed by atoms with Gasteiger partial charge in [0.25, 0.3) is 11.5 Å². The Bertz CT molecular complexity index is 1360. The maximum atomic E-state index is 13.6. The first-order valence-corrected chi connectivity index (χ1v) is 11.2. The fourth-order valence-electron chi connectivity index (χ4n) is 4.15. The number of nitrogens with zero attached hydrogens (tertiary/aromatic N) is 4. The summed E-state index contributed by atoms with van der Waals surface area (Å²) in [6.07, 6.45) is 2.87. The topological polar surface area (TPSA) is 99.7 Å². The number of nitriles is 1. The second kappa shape index (κ2) is 9.49. The zero-order valence-corrected chi connectivity index (χ0v) is 19.7. The smallest absolute Gasteiger partial charge is 0.267 e. The third-order valence-corrected chi connectivity index (χ3v) is 5.75. The number of carbonyl (C=O) groups excluding carboxylic acids is 1. The van der Waals surface area contributed by atoms with Gasteiger partial charge in [-0.05, 0) is 57.5 Å². The summed E-state index contributed by atoms with van der Waals surface area (Å²) in [7, 11) is 0. The largest absolute Gasteiger partial charge is 0.372 e. The first-order valence-electron chi connectivity index (χ1n) is 11.2. The fraction of sp³-hybridized carbons (Fsp3) is 0.308. The molecule has 3 heterocycles. The van der Waals surface area contributed by atoms with Gasteiger partial charge in [0.2, 0.25) is 0 Å². The lowest BCUT2D eigenvalue weighted by Crippen LogP contribution is -2.46. The molecule has 1 saturated heterocycles. The van der Waals surface area contributed by atoms with Gasteiger partial charge in [-0.25, -0.2) is 4.98 Å². The van der Waals surface area contributed by atoms with E-state index in [0.29, 0.717) is 30.2 Å². The zero-order chi connectivity index (χ0) is 24.4. The average Bonchev–Trinajstić information content (AvgIpc) is 2.79. The molecule has 0 unspecified atom stereocenters. The number of benzene rings is 1. The second-order valence-electron chi connectivity index (χ2n) is 8.69. The van der Waals surface area contributed by atoms with Crippen molar-refractivity contribution in [1.82, 2.24) is 9.38 Å². The van der Waals surface area contributed by atoms with Crippen LogP contribution in [-0.2, 0) is 9.53 Å². The summed E-state index contributed by atoms with van der Waals surface area (Å²) in [6.45, 7) is 8.85. The zero-order valence-electron chi connectivity index (χ0n) is 19.7. The van der Waals surface area contributed by atoms with Crippen molar-refractivity contribution < 1.29 is 9.53 Å². The van der Waals surface area contributed by atoms with E-state index < -0.39 is 5.91 Å². The van der Waals surface area contributed by atoms with Crippen LogP contribution >= 0.6 is 0 Å². The molecule has 1 N–H and O–H groups in total. The summed E-state index contributed by atoms with van der Waals surface area (Å²) in [6, 6.07) is 12.9. The molecule has 8 nitrogen and oxygen atoms in total. The molecule has 2 atom stereocenters. The predicted octanol–water partition coefficient (Wildman–Crippen LogP) is 3.47. The summed E-state index contributed by atoms with van der Waals surface area (Å²) in [5, 5.41) is 12.5. The lowest BCUT2D eigenvalue weighted by molar-refractivity contribution is -0.112. The molecule has 1 aliphatic heterocycles. The molecule has 0 saturated carbocycles. The van der Waals surface area contributed by atoms with E-state index in [-0.39, 0.29) is 28.9 Å². The number of nitrogens with one attached hydrogen (secondary N) is 1. The van der Waals surface area contributed by atoms with Gasteiger partial charge in [0.15, 0.2) is 0 Å². The third kappa shape index (κ3) is 4.70. The van der Waals surface area contributed by atoms with E-state index in [9.17, 15) is 14.9 Å². The molecule has 0 radical (unpaired) electrons. The van der Waals surface area contributed by atoms with Crippen LogP contribution in [0.25, 0.3) is 11.7 Å². The molecule has 4 rings (SSSR count). The molecule has 1 amide bonds. The van der Waals surface area contributed by atoms with Crippen LogP contribution in [0, 0.1) is 25.2 Å². The molecule has 3 aromatic rings. The van der Waals surface area contributed by atoms with E-state index in [0.717, 1.165) is 11.1 Å². The van der Waals surface area contributed by atoms with E-state index in [2.05, 4.69) is 5.32 Å². The number of hydrogen-bond donors (Lipinski definition) is 1. The molecular weight excluding hydrogens is 430 g/mol. The molecule has 174 valence electrons. The van der Waals surface area contributed by atoms with E-state index in [1.165, 1.54) is 10.5 Å². The van der Waals surface area contributed by atoms with Crippen LogP contribution in [0.3, 0.4) is 0 Å². The Morgan fingerprint density at radius 1 is 1.18 bits per heavy atom. The fourth-order valence-corrected chi connectivity index (χ4v) is 4.15. The van der Waals surface area contributed by atoms with Gasteiger partial charge < -0.3 is 15.0 Å². The lowest BCUT2D eigenvalue weighted by atomic mass is 10.1. The Labute approximate surface area is 198 Å². The van der Waals surface area contributed by atoms with Gasteiger partial charge >= 0.3 is 0 Å². The number of rotatable bonds is 4. The standard InChI is InChI=1S/C26H27N5O3/c1-16-7-9-21(10-8-16)28-25(32)20(13-27)12-22-24(30-14-18(3)34-19(4)15-30)29-23-17(2)6-5-11-31(23)26(22)33/h5-12,18-19H,14-15H2,1-4H3,(H,28,32)/b20-12+/t18-,19-/m1/s1. The molecule has 34 heavy (non-hydrogen) atoms. The van der Waals surface area contributed by atoms with Crippen molar-refractivity contribution in [2.45, 2.75) is 39.9 Å². The number of aryl methyl sites for hydroxylation is 2. The summed E-state index contributed by atoms with van der Waals surface area (Å²) in [4.78, 5) is 33.3.